The molecule has 4 N–H and O–H groups in total. The molecule has 118 valence electrons. The number of aliphatic imine (C=N–C) groups is 1. The molecule has 0 fully saturated rings. The molecule has 0 unspecified atom stereocenters. The molecule has 0 bridgehead atoms. The molecule has 0 saturated carbocycles. The first-order chi connectivity index (χ1) is 10.9. The molecule has 0 amide bonds. The van der Waals surface area contributed by atoms with Crippen LogP contribution in [0.3, 0.4) is 0 Å². The molecule has 6 nitrogen and oxygen atoms in total. The predicted molar refractivity (Wildman–Crippen MR) is 89.6 cm³/mol. The number of nitrogens with one attached hydrogen (secondary N) is 1. The number of aromatic hydroxyl groups is 1. The molecule has 0 saturated heterocycles. The monoisotopic (exact) mass is 329 g/mol. The molecule has 0 aliphatic heterocycles. The maximum atomic E-state index is 11.2. The molecule has 23 heavy (non-hydrogen) atoms. The van der Waals surface area contributed by atoms with Crippen LogP contribution >= 0.6 is 0 Å². The van der Waals surface area contributed by atoms with Gasteiger partial charge in [0.25, 0.3) is 0 Å². The highest BCUT2D eigenvalue weighted by atomic mass is 32.2. The third kappa shape index (κ3) is 2.96. The summed E-state index contributed by atoms with van der Waals surface area (Å²) in [6.45, 7) is 1.78. The van der Waals surface area contributed by atoms with Crippen LogP contribution in [0, 0.1) is 0 Å². The van der Waals surface area contributed by atoms with Crippen LogP contribution in [0.15, 0.2) is 58.4 Å². The second-order valence-corrected chi connectivity index (χ2v) is 6.69. The molecule has 0 spiro atoms. The van der Waals surface area contributed by atoms with Crippen molar-refractivity contribution in [3.8, 4) is 5.88 Å². The van der Waals surface area contributed by atoms with Gasteiger partial charge in [-0.15, -0.1) is 0 Å². The van der Waals surface area contributed by atoms with E-state index < -0.39 is 10.0 Å². The first kappa shape index (κ1) is 15.3. The molecule has 1 heterocycles. The van der Waals surface area contributed by atoms with Crippen LogP contribution in [-0.2, 0) is 10.0 Å². The van der Waals surface area contributed by atoms with Gasteiger partial charge in [0.1, 0.15) is 0 Å². The smallest absolute Gasteiger partial charge is 0.238 e. The van der Waals surface area contributed by atoms with Gasteiger partial charge < -0.3 is 10.1 Å². The second kappa shape index (κ2) is 5.53. The number of primary sulfonamides is 1. The summed E-state index contributed by atoms with van der Waals surface area (Å²) in [6.07, 6.45) is 0. The van der Waals surface area contributed by atoms with Gasteiger partial charge in [0.2, 0.25) is 10.0 Å². The molecule has 0 radical (unpaired) electrons. The molecule has 7 heteroatoms. The summed E-state index contributed by atoms with van der Waals surface area (Å²) in [6, 6.07) is 13.4. The summed E-state index contributed by atoms with van der Waals surface area (Å²) < 4.78 is 22.5. The molecule has 3 rings (SSSR count). The van der Waals surface area contributed by atoms with Crippen molar-refractivity contribution in [3.63, 3.8) is 0 Å². The van der Waals surface area contributed by atoms with Crippen molar-refractivity contribution in [2.24, 2.45) is 10.1 Å². The summed E-state index contributed by atoms with van der Waals surface area (Å²) in [4.78, 5) is 7.37. The van der Waals surface area contributed by atoms with E-state index in [-0.39, 0.29) is 10.8 Å². The summed E-state index contributed by atoms with van der Waals surface area (Å²) in [5.74, 6) is 0.0496. The Labute approximate surface area is 133 Å². The summed E-state index contributed by atoms with van der Waals surface area (Å²) >= 11 is 0. The molecular weight excluding hydrogens is 314 g/mol. The number of aromatic nitrogens is 1. The van der Waals surface area contributed by atoms with Crippen LogP contribution < -0.4 is 5.14 Å². The van der Waals surface area contributed by atoms with E-state index in [2.05, 4.69) is 9.98 Å². The average molecular weight is 329 g/mol. The van der Waals surface area contributed by atoms with E-state index in [1.807, 2.05) is 24.3 Å². The van der Waals surface area contributed by atoms with Crippen LogP contribution in [0.4, 0.5) is 5.69 Å². The number of sulfonamides is 1. The fourth-order valence-electron chi connectivity index (χ4n) is 2.45. The van der Waals surface area contributed by atoms with Crippen molar-refractivity contribution in [3.05, 3.63) is 54.1 Å². The molecule has 2 aromatic carbocycles. The van der Waals surface area contributed by atoms with Gasteiger partial charge in [-0.2, -0.15) is 0 Å². The van der Waals surface area contributed by atoms with Gasteiger partial charge in [-0.05, 0) is 37.3 Å². The number of para-hydroxylation sites is 1. The number of H-pyrrole nitrogens is 1. The van der Waals surface area contributed by atoms with Crippen LogP contribution in [0.1, 0.15) is 12.5 Å². The van der Waals surface area contributed by atoms with Crippen molar-refractivity contribution in [2.75, 3.05) is 0 Å². The fourth-order valence-corrected chi connectivity index (χ4v) is 2.97. The third-order valence-corrected chi connectivity index (χ3v) is 4.44. The third-order valence-electron chi connectivity index (χ3n) is 3.51. The molecule has 3 aromatic rings. The van der Waals surface area contributed by atoms with Gasteiger partial charge >= 0.3 is 0 Å². The lowest BCUT2D eigenvalue weighted by molar-refractivity contribution is 0.457. The number of fused-ring (bicyclic) bond motifs is 1. The number of aromatic amines is 1. The fraction of sp³-hybridized carbons (Fsp3) is 0.0625. The first-order valence-electron chi connectivity index (χ1n) is 6.84. The Bertz CT molecular complexity index is 1000. The van der Waals surface area contributed by atoms with Gasteiger partial charge in [0.15, 0.2) is 5.88 Å². The number of benzene rings is 2. The molecule has 0 atom stereocenters. The SMILES string of the molecule is CC(=Nc1ccc(S(N)(=O)=O)cc1)c1c(O)[nH]c2ccccc12. The zero-order valence-electron chi connectivity index (χ0n) is 12.3. The number of rotatable bonds is 3. The maximum absolute atomic E-state index is 11.2. The first-order valence-corrected chi connectivity index (χ1v) is 8.39. The topological polar surface area (TPSA) is 109 Å². The largest absolute Gasteiger partial charge is 0.494 e. The van der Waals surface area contributed by atoms with E-state index in [9.17, 15) is 13.5 Å². The molecule has 0 aliphatic carbocycles. The van der Waals surface area contributed by atoms with Crippen LogP contribution in [0.5, 0.6) is 5.88 Å². The zero-order valence-corrected chi connectivity index (χ0v) is 13.1. The minimum atomic E-state index is -3.72. The van der Waals surface area contributed by atoms with Crippen molar-refractivity contribution in [2.45, 2.75) is 11.8 Å². The standard InChI is InChI=1S/C16H15N3O3S/c1-10(15-13-4-2-3-5-14(13)19-16(15)20)18-11-6-8-12(9-7-11)23(17,21)22/h2-9,19-20H,1H3,(H2,17,21,22). The summed E-state index contributed by atoms with van der Waals surface area (Å²) in [5, 5.41) is 16.0. The summed E-state index contributed by atoms with van der Waals surface area (Å²) in [7, 11) is -3.72. The van der Waals surface area contributed by atoms with E-state index in [1.165, 1.54) is 12.1 Å². The highest BCUT2D eigenvalue weighted by Gasteiger charge is 2.13. The minimum Gasteiger partial charge on any atom is -0.494 e. The van der Waals surface area contributed by atoms with E-state index >= 15 is 0 Å². The Morgan fingerprint density at radius 1 is 1.13 bits per heavy atom. The summed E-state index contributed by atoms with van der Waals surface area (Å²) in [5.41, 5.74) is 2.62. The van der Waals surface area contributed by atoms with E-state index in [1.54, 1.807) is 19.1 Å². The Morgan fingerprint density at radius 3 is 2.43 bits per heavy atom. The Hall–Kier alpha value is -2.64. The van der Waals surface area contributed by atoms with E-state index in [4.69, 9.17) is 5.14 Å². The quantitative estimate of drug-likeness (QED) is 0.643. The number of hydrogen-bond acceptors (Lipinski definition) is 4. The lowest BCUT2D eigenvalue weighted by Crippen LogP contribution is -2.11. The lowest BCUT2D eigenvalue weighted by atomic mass is 10.1. The number of nitrogens with two attached hydrogens (primary N) is 1. The van der Waals surface area contributed by atoms with Gasteiger partial charge in [-0.3, -0.25) is 4.99 Å². The number of nitrogens with zero attached hydrogens (tertiary/aromatic N) is 1. The normalized spacial score (nSPS) is 12.7. The van der Waals surface area contributed by atoms with E-state index in [0.29, 0.717) is 17.0 Å². The molecule has 0 aliphatic rings. The Morgan fingerprint density at radius 2 is 1.78 bits per heavy atom. The average Bonchev–Trinajstić information content (AvgIpc) is 2.82. The van der Waals surface area contributed by atoms with Gasteiger partial charge in [0.05, 0.1) is 21.9 Å². The Kier molecular flexibility index (Phi) is 3.67. The minimum absolute atomic E-state index is 0.0315. The molecule has 1 aromatic heterocycles. The van der Waals surface area contributed by atoms with Gasteiger partial charge in [-0.25, -0.2) is 13.6 Å². The van der Waals surface area contributed by atoms with Gasteiger partial charge in [0, 0.05) is 10.9 Å². The number of hydrogen-bond donors (Lipinski definition) is 3. The van der Waals surface area contributed by atoms with E-state index in [0.717, 1.165) is 10.9 Å². The predicted octanol–water partition coefficient (Wildman–Crippen LogP) is 2.66. The van der Waals surface area contributed by atoms with Crippen LogP contribution in [0.25, 0.3) is 10.9 Å². The Balaban J connectivity index is 2.03. The zero-order chi connectivity index (χ0) is 16.6. The van der Waals surface area contributed by atoms with Gasteiger partial charge in [-0.1, -0.05) is 18.2 Å². The highest BCUT2D eigenvalue weighted by Crippen LogP contribution is 2.29. The molecular formula is C16H15N3O3S. The lowest BCUT2D eigenvalue weighted by Gasteiger charge is -2.02. The van der Waals surface area contributed by atoms with Crippen LogP contribution in [-0.4, -0.2) is 24.2 Å². The van der Waals surface area contributed by atoms with Crippen molar-refractivity contribution in [1.29, 1.82) is 0 Å². The maximum Gasteiger partial charge on any atom is 0.238 e. The second-order valence-electron chi connectivity index (χ2n) is 5.13. The van der Waals surface area contributed by atoms with Crippen molar-refractivity contribution >= 4 is 32.3 Å². The van der Waals surface area contributed by atoms with Crippen LogP contribution in [0.2, 0.25) is 0 Å². The van der Waals surface area contributed by atoms with Crippen molar-refractivity contribution in [1.82, 2.24) is 4.98 Å². The highest BCUT2D eigenvalue weighted by molar-refractivity contribution is 7.89. The van der Waals surface area contributed by atoms with Crippen molar-refractivity contribution < 1.29 is 13.5 Å².